The van der Waals surface area contributed by atoms with E-state index in [4.69, 9.17) is 5.26 Å². The third kappa shape index (κ3) is 2.45. The largest absolute Gasteiger partial charge is 0.309 e. The second-order valence-electron chi connectivity index (χ2n) is 6.92. The molecule has 4 aromatic carbocycles. The van der Waals surface area contributed by atoms with Crippen molar-refractivity contribution in [2.45, 2.75) is 0 Å². The van der Waals surface area contributed by atoms with E-state index in [1.54, 1.807) is 12.1 Å². The molecular weight excluding hydrogens is 361 g/mol. The topological polar surface area (TPSA) is 40.9 Å². The van der Waals surface area contributed by atoms with Crippen LogP contribution < -0.4 is 10.6 Å². The predicted octanol–water partition coefficient (Wildman–Crippen LogP) is 5.54. The first-order valence-electron chi connectivity index (χ1n) is 9.12. The summed E-state index contributed by atoms with van der Waals surface area (Å²) in [6.45, 7) is 0. The van der Waals surface area contributed by atoms with Gasteiger partial charge in [0.15, 0.2) is 7.14 Å². The van der Waals surface area contributed by atoms with Crippen molar-refractivity contribution in [3.8, 4) is 6.07 Å². The van der Waals surface area contributed by atoms with Crippen LogP contribution >= 0.6 is 7.14 Å². The van der Waals surface area contributed by atoms with Gasteiger partial charge in [-0.25, -0.2) is 0 Å². The lowest BCUT2D eigenvalue weighted by atomic mass is 10.1. The lowest BCUT2D eigenvalue weighted by Gasteiger charge is -2.19. The van der Waals surface area contributed by atoms with Gasteiger partial charge in [0.25, 0.3) is 0 Å². The highest BCUT2D eigenvalue weighted by atomic mass is 31.2. The first-order chi connectivity index (χ1) is 13.7. The first kappa shape index (κ1) is 16.8. The molecule has 1 aliphatic heterocycles. The molecule has 0 saturated carbocycles. The van der Waals surface area contributed by atoms with Gasteiger partial charge in [0.2, 0.25) is 0 Å². The molecule has 4 aromatic rings. The fourth-order valence-electron chi connectivity index (χ4n) is 3.90. The van der Waals surface area contributed by atoms with Crippen molar-refractivity contribution < 1.29 is 4.57 Å². The molecule has 0 N–H and O–H groups in total. The maximum atomic E-state index is 14.6. The van der Waals surface area contributed by atoms with Crippen molar-refractivity contribution in [2.24, 2.45) is 0 Å². The Bertz CT molecular complexity index is 1330. The number of benzene rings is 4. The zero-order valence-corrected chi connectivity index (χ0v) is 15.9. The van der Waals surface area contributed by atoms with Gasteiger partial charge in [0, 0.05) is 15.9 Å². The lowest BCUT2D eigenvalue weighted by Crippen LogP contribution is -2.15. The minimum Gasteiger partial charge on any atom is -0.309 e. The van der Waals surface area contributed by atoms with Crippen molar-refractivity contribution in [1.82, 2.24) is 0 Å². The van der Waals surface area contributed by atoms with E-state index in [1.807, 2.05) is 54.6 Å². The Morgan fingerprint density at radius 2 is 1.39 bits per heavy atom. The quantitative estimate of drug-likeness (QED) is 0.431. The zero-order chi connectivity index (χ0) is 19.1. The van der Waals surface area contributed by atoms with Crippen LogP contribution in [0.5, 0.6) is 0 Å². The van der Waals surface area contributed by atoms with Crippen LogP contribution in [0.1, 0.15) is 16.7 Å². The van der Waals surface area contributed by atoms with Crippen LogP contribution in [0.15, 0.2) is 91.0 Å². The van der Waals surface area contributed by atoms with E-state index in [2.05, 4.69) is 36.4 Å². The van der Waals surface area contributed by atoms with Gasteiger partial charge in [0.05, 0.1) is 11.6 Å². The van der Waals surface area contributed by atoms with Gasteiger partial charge in [-0.2, -0.15) is 5.26 Å². The summed E-state index contributed by atoms with van der Waals surface area (Å²) < 4.78 is 14.6. The molecule has 1 heterocycles. The Hall–Kier alpha value is -3.40. The molecule has 132 valence electrons. The Balaban J connectivity index is 1.80. The number of hydrogen-bond acceptors (Lipinski definition) is 2. The molecule has 28 heavy (non-hydrogen) atoms. The maximum Gasteiger partial charge on any atom is 0.172 e. The number of rotatable bonds is 2. The minimum atomic E-state index is -2.99. The summed E-state index contributed by atoms with van der Waals surface area (Å²) in [5, 5.41) is 13.9. The number of hydrogen-bond donors (Lipinski definition) is 0. The van der Waals surface area contributed by atoms with Crippen molar-refractivity contribution in [3.05, 3.63) is 108 Å². The van der Waals surface area contributed by atoms with Gasteiger partial charge < -0.3 is 4.57 Å². The van der Waals surface area contributed by atoms with Crippen molar-refractivity contribution in [2.75, 3.05) is 0 Å². The number of fused-ring (bicyclic) bond motifs is 2. The minimum absolute atomic E-state index is 0.597. The molecule has 1 unspecified atom stereocenters. The van der Waals surface area contributed by atoms with E-state index in [-0.39, 0.29) is 0 Å². The van der Waals surface area contributed by atoms with Crippen LogP contribution in [0.4, 0.5) is 0 Å². The molecule has 0 bridgehead atoms. The molecule has 0 amide bonds. The smallest absolute Gasteiger partial charge is 0.172 e. The maximum absolute atomic E-state index is 14.6. The number of nitriles is 1. The Morgan fingerprint density at radius 1 is 0.750 bits per heavy atom. The second kappa shape index (κ2) is 6.34. The Morgan fingerprint density at radius 3 is 2.07 bits per heavy atom. The molecule has 0 spiro atoms. The fraction of sp³-hybridized carbons (Fsp3) is 0. The average Bonchev–Trinajstić information content (AvgIpc) is 3.06. The third-order valence-electron chi connectivity index (χ3n) is 5.30. The fourth-order valence-corrected chi connectivity index (χ4v) is 6.95. The van der Waals surface area contributed by atoms with Crippen molar-refractivity contribution in [1.29, 1.82) is 5.26 Å². The summed E-state index contributed by atoms with van der Waals surface area (Å²) in [7, 11) is -2.99. The molecule has 0 radical (unpaired) electrons. The van der Waals surface area contributed by atoms with Gasteiger partial charge in [-0.05, 0) is 52.2 Å². The van der Waals surface area contributed by atoms with Crippen molar-refractivity contribution in [3.63, 3.8) is 0 Å². The molecular formula is C25H16NOP. The SMILES string of the molecule is N#Cc1ccc(C2=Cc3cc4ccccc4cc3P2(=O)c2ccccc2)cc1. The van der Waals surface area contributed by atoms with Gasteiger partial charge >= 0.3 is 0 Å². The van der Waals surface area contributed by atoms with E-state index in [9.17, 15) is 4.57 Å². The van der Waals surface area contributed by atoms with Crippen LogP contribution in [-0.2, 0) is 4.57 Å². The van der Waals surface area contributed by atoms with Gasteiger partial charge in [-0.3, -0.25) is 0 Å². The Labute approximate surface area is 163 Å². The van der Waals surface area contributed by atoms with E-state index < -0.39 is 7.14 Å². The highest BCUT2D eigenvalue weighted by Gasteiger charge is 2.38. The van der Waals surface area contributed by atoms with Crippen LogP contribution in [0.3, 0.4) is 0 Å². The highest BCUT2D eigenvalue weighted by molar-refractivity contribution is 7.88. The second-order valence-corrected chi connectivity index (χ2v) is 9.62. The Kier molecular flexibility index (Phi) is 3.79. The highest BCUT2D eigenvalue weighted by Crippen LogP contribution is 2.61. The van der Waals surface area contributed by atoms with E-state index in [1.165, 1.54) is 0 Å². The molecule has 1 aliphatic rings. The third-order valence-corrected chi connectivity index (χ3v) is 8.45. The van der Waals surface area contributed by atoms with Crippen LogP contribution in [-0.4, -0.2) is 0 Å². The van der Waals surface area contributed by atoms with E-state index >= 15 is 0 Å². The monoisotopic (exact) mass is 377 g/mol. The van der Waals surface area contributed by atoms with E-state index in [0.29, 0.717) is 5.56 Å². The molecule has 0 saturated heterocycles. The van der Waals surface area contributed by atoms with Crippen LogP contribution in [0.2, 0.25) is 0 Å². The van der Waals surface area contributed by atoms with Gasteiger partial charge in [-0.15, -0.1) is 0 Å². The summed E-state index contributed by atoms with van der Waals surface area (Å²) in [5.41, 5.74) is 2.50. The predicted molar refractivity (Wildman–Crippen MR) is 116 cm³/mol. The van der Waals surface area contributed by atoms with Gasteiger partial charge in [-0.1, -0.05) is 66.7 Å². The van der Waals surface area contributed by atoms with E-state index in [0.717, 1.165) is 37.8 Å². The molecule has 1 atom stereocenters. The molecule has 0 fully saturated rings. The summed E-state index contributed by atoms with van der Waals surface area (Å²) in [5.74, 6) is 0. The molecule has 3 heteroatoms. The standard InChI is InChI=1S/C25H16NOP/c26-17-18-10-12-19(13-11-18)24-16-22-14-20-6-4-5-7-21(20)15-25(22)28(24,27)23-8-2-1-3-9-23/h1-16H. The van der Waals surface area contributed by atoms with Gasteiger partial charge in [0.1, 0.15) is 0 Å². The number of nitrogens with zero attached hydrogens (tertiary/aromatic N) is 1. The zero-order valence-electron chi connectivity index (χ0n) is 15.0. The van der Waals surface area contributed by atoms with Crippen LogP contribution in [0, 0.1) is 11.3 Å². The lowest BCUT2D eigenvalue weighted by molar-refractivity contribution is 0.593. The summed E-state index contributed by atoms with van der Waals surface area (Å²) in [6, 6.07) is 31.6. The molecule has 5 rings (SSSR count). The molecule has 2 nitrogen and oxygen atoms in total. The summed E-state index contributed by atoms with van der Waals surface area (Å²) >= 11 is 0. The molecule has 0 aliphatic carbocycles. The summed E-state index contributed by atoms with van der Waals surface area (Å²) in [4.78, 5) is 0. The van der Waals surface area contributed by atoms with Crippen LogP contribution in [0.25, 0.3) is 22.2 Å². The average molecular weight is 377 g/mol. The normalized spacial score (nSPS) is 17.8. The first-order valence-corrected chi connectivity index (χ1v) is 10.8. The van der Waals surface area contributed by atoms with Crippen molar-refractivity contribution >= 4 is 39.9 Å². The summed E-state index contributed by atoms with van der Waals surface area (Å²) in [6.07, 6.45) is 2.05. The molecule has 0 aromatic heterocycles.